The van der Waals surface area contributed by atoms with Gasteiger partial charge in [0.1, 0.15) is 0 Å². The van der Waals surface area contributed by atoms with Gasteiger partial charge in [-0.25, -0.2) is 5.48 Å². The monoisotopic (exact) mass is 333 g/mol. The number of fused-ring (bicyclic) bond motifs is 1. The molecular weight excluding hydrogens is 318 g/mol. The van der Waals surface area contributed by atoms with Gasteiger partial charge in [0.25, 0.3) is 11.8 Å². The van der Waals surface area contributed by atoms with Gasteiger partial charge in [-0.15, -0.1) is 0 Å². The number of pyridine rings is 1. The number of amides is 2. The fourth-order valence-electron chi connectivity index (χ4n) is 2.39. The molecule has 25 heavy (non-hydrogen) atoms. The molecule has 6 heteroatoms. The van der Waals surface area contributed by atoms with E-state index < -0.39 is 5.91 Å². The van der Waals surface area contributed by atoms with Crippen LogP contribution >= 0.6 is 0 Å². The molecule has 2 aromatic carbocycles. The first-order chi connectivity index (χ1) is 12.2. The van der Waals surface area contributed by atoms with Crippen LogP contribution in [0, 0.1) is 0 Å². The fourth-order valence-corrected chi connectivity index (χ4v) is 2.39. The zero-order chi connectivity index (χ0) is 17.6. The van der Waals surface area contributed by atoms with Crippen molar-refractivity contribution in [1.29, 1.82) is 0 Å². The van der Waals surface area contributed by atoms with Crippen molar-refractivity contribution in [2.24, 2.45) is 0 Å². The van der Waals surface area contributed by atoms with E-state index in [0.29, 0.717) is 11.3 Å². The van der Waals surface area contributed by atoms with E-state index in [2.05, 4.69) is 10.3 Å². The molecular formula is C19H15N3O3. The molecule has 0 radical (unpaired) electrons. The average molecular weight is 333 g/mol. The standard InChI is InChI=1S/C19H15N3O3/c23-18(22-25)9-6-13-10-11-20-17-8-7-15(12-16(13)17)21-19(24)14-4-2-1-3-5-14/h1-12,25H,(H,21,24)(H,22,23)/b9-6+. The average Bonchev–Trinajstić information content (AvgIpc) is 2.66. The Labute approximate surface area is 143 Å². The molecule has 0 spiro atoms. The molecule has 0 atom stereocenters. The highest BCUT2D eigenvalue weighted by Gasteiger charge is 2.07. The third kappa shape index (κ3) is 3.88. The van der Waals surface area contributed by atoms with Gasteiger partial charge in [-0.1, -0.05) is 18.2 Å². The summed E-state index contributed by atoms with van der Waals surface area (Å²) >= 11 is 0. The quantitative estimate of drug-likeness (QED) is 0.389. The molecule has 124 valence electrons. The summed E-state index contributed by atoms with van der Waals surface area (Å²) in [5, 5.41) is 12.2. The number of hydrogen-bond donors (Lipinski definition) is 3. The summed E-state index contributed by atoms with van der Waals surface area (Å²) in [6, 6.07) is 16.0. The second-order valence-electron chi connectivity index (χ2n) is 5.26. The van der Waals surface area contributed by atoms with E-state index in [1.807, 2.05) is 6.07 Å². The van der Waals surface area contributed by atoms with Crippen molar-refractivity contribution in [1.82, 2.24) is 10.5 Å². The maximum Gasteiger partial charge on any atom is 0.267 e. The second-order valence-corrected chi connectivity index (χ2v) is 5.26. The van der Waals surface area contributed by atoms with E-state index in [-0.39, 0.29) is 5.91 Å². The van der Waals surface area contributed by atoms with Crippen molar-refractivity contribution >= 4 is 34.5 Å². The van der Waals surface area contributed by atoms with Gasteiger partial charge in [-0.3, -0.25) is 19.8 Å². The third-order valence-electron chi connectivity index (χ3n) is 3.59. The van der Waals surface area contributed by atoms with E-state index in [4.69, 9.17) is 5.21 Å². The van der Waals surface area contributed by atoms with Crippen molar-refractivity contribution in [3.63, 3.8) is 0 Å². The van der Waals surface area contributed by atoms with Gasteiger partial charge in [0.15, 0.2) is 0 Å². The smallest absolute Gasteiger partial charge is 0.267 e. The lowest BCUT2D eigenvalue weighted by Crippen LogP contribution is -2.14. The second kappa shape index (κ2) is 7.37. The Morgan fingerprint density at radius 3 is 2.60 bits per heavy atom. The van der Waals surface area contributed by atoms with Crippen molar-refractivity contribution in [2.45, 2.75) is 0 Å². The van der Waals surface area contributed by atoms with Crippen LogP contribution in [-0.2, 0) is 4.79 Å². The van der Waals surface area contributed by atoms with Crippen LogP contribution in [0.25, 0.3) is 17.0 Å². The zero-order valence-electron chi connectivity index (χ0n) is 13.1. The van der Waals surface area contributed by atoms with Crippen LogP contribution in [0.3, 0.4) is 0 Å². The number of nitrogens with zero attached hydrogens (tertiary/aromatic N) is 1. The van der Waals surface area contributed by atoms with E-state index in [1.165, 1.54) is 6.08 Å². The Morgan fingerprint density at radius 2 is 1.84 bits per heavy atom. The molecule has 6 nitrogen and oxygen atoms in total. The van der Waals surface area contributed by atoms with Crippen molar-refractivity contribution in [3.05, 3.63) is 78.0 Å². The van der Waals surface area contributed by atoms with Crippen LogP contribution in [0.5, 0.6) is 0 Å². The summed E-state index contributed by atoms with van der Waals surface area (Å²) in [6.07, 6.45) is 4.41. The molecule has 2 amide bonds. The van der Waals surface area contributed by atoms with E-state index in [9.17, 15) is 9.59 Å². The van der Waals surface area contributed by atoms with Crippen molar-refractivity contribution < 1.29 is 14.8 Å². The van der Waals surface area contributed by atoms with E-state index in [0.717, 1.165) is 16.5 Å². The highest BCUT2D eigenvalue weighted by molar-refractivity contribution is 6.05. The SMILES string of the molecule is O=C(/C=C/c1ccnc2ccc(NC(=O)c3ccccc3)cc12)NO. The minimum absolute atomic E-state index is 0.208. The molecule has 0 bridgehead atoms. The van der Waals surface area contributed by atoms with Gasteiger partial charge < -0.3 is 5.32 Å². The van der Waals surface area contributed by atoms with Crippen LogP contribution in [0.1, 0.15) is 15.9 Å². The highest BCUT2D eigenvalue weighted by Crippen LogP contribution is 2.22. The minimum Gasteiger partial charge on any atom is -0.322 e. The molecule has 1 heterocycles. The number of rotatable bonds is 4. The lowest BCUT2D eigenvalue weighted by atomic mass is 10.1. The maximum atomic E-state index is 12.3. The summed E-state index contributed by atoms with van der Waals surface area (Å²) in [6.45, 7) is 0. The zero-order valence-corrected chi connectivity index (χ0v) is 13.1. The number of nitrogens with one attached hydrogen (secondary N) is 2. The normalized spacial score (nSPS) is 10.8. The molecule has 0 unspecified atom stereocenters. The highest BCUT2D eigenvalue weighted by atomic mass is 16.5. The molecule has 1 aromatic heterocycles. The van der Waals surface area contributed by atoms with Gasteiger partial charge in [0.2, 0.25) is 0 Å². The van der Waals surface area contributed by atoms with Gasteiger partial charge in [0.05, 0.1) is 5.52 Å². The molecule has 0 fully saturated rings. The summed E-state index contributed by atoms with van der Waals surface area (Å²) in [5.74, 6) is -0.834. The summed E-state index contributed by atoms with van der Waals surface area (Å²) in [5.41, 5.74) is 4.19. The first-order valence-electron chi connectivity index (χ1n) is 7.55. The summed E-state index contributed by atoms with van der Waals surface area (Å²) in [7, 11) is 0. The summed E-state index contributed by atoms with van der Waals surface area (Å²) < 4.78 is 0. The molecule has 3 N–H and O–H groups in total. The fraction of sp³-hybridized carbons (Fsp3) is 0. The number of carbonyl (C=O) groups is 2. The van der Waals surface area contributed by atoms with Crippen LogP contribution in [0.2, 0.25) is 0 Å². The molecule has 0 saturated heterocycles. The Hall–Kier alpha value is -3.51. The maximum absolute atomic E-state index is 12.3. The van der Waals surface area contributed by atoms with Crippen molar-refractivity contribution in [3.8, 4) is 0 Å². The number of hydroxylamine groups is 1. The lowest BCUT2D eigenvalue weighted by Gasteiger charge is -2.08. The Kier molecular flexibility index (Phi) is 4.82. The van der Waals surface area contributed by atoms with Crippen LogP contribution in [-0.4, -0.2) is 22.0 Å². The molecule has 3 rings (SSSR count). The molecule has 0 aliphatic rings. The third-order valence-corrected chi connectivity index (χ3v) is 3.59. The van der Waals surface area contributed by atoms with Crippen molar-refractivity contribution in [2.75, 3.05) is 5.32 Å². The van der Waals surface area contributed by atoms with Gasteiger partial charge in [-0.2, -0.15) is 0 Å². The number of carbonyl (C=O) groups excluding carboxylic acids is 2. The lowest BCUT2D eigenvalue weighted by molar-refractivity contribution is -0.124. The van der Waals surface area contributed by atoms with Crippen LogP contribution < -0.4 is 10.8 Å². The number of hydrogen-bond acceptors (Lipinski definition) is 4. The number of anilines is 1. The predicted octanol–water partition coefficient (Wildman–Crippen LogP) is 3.01. The topological polar surface area (TPSA) is 91.3 Å². The van der Waals surface area contributed by atoms with E-state index in [1.54, 1.807) is 66.3 Å². The largest absolute Gasteiger partial charge is 0.322 e. The number of aromatic nitrogens is 1. The summed E-state index contributed by atoms with van der Waals surface area (Å²) in [4.78, 5) is 27.7. The Bertz CT molecular complexity index is 953. The number of benzene rings is 2. The molecule has 3 aromatic rings. The molecule has 0 aliphatic carbocycles. The predicted molar refractivity (Wildman–Crippen MR) is 95.1 cm³/mol. The molecule has 0 saturated carbocycles. The molecule has 0 aliphatic heterocycles. The van der Waals surface area contributed by atoms with E-state index >= 15 is 0 Å². The first kappa shape index (κ1) is 16.4. The minimum atomic E-state index is -0.626. The first-order valence-corrected chi connectivity index (χ1v) is 7.55. The van der Waals surface area contributed by atoms with Crippen LogP contribution in [0.4, 0.5) is 5.69 Å². The Balaban J connectivity index is 1.92. The van der Waals surface area contributed by atoms with Gasteiger partial charge >= 0.3 is 0 Å². The van der Waals surface area contributed by atoms with Crippen LogP contribution in [0.15, 0.2) is 66.9 Å². The Morgan fingerprint density at radius 1 is 1.04 bits per heavy atom. The van der Waals surface area contributed by atoms with Gasteiger partial charge in [-0.05, 0) is 48.0 Å². The van der Waals surface area contributed by atoms with Gasteiger partial charge in [0, 0.05) is 28.9 Å².